The van der Waals surface area contributed by atoms with Gasteiger partial charge in [0.1, 0.15) is 4.64 Å². The van der Waals surface area contributed by atoms with Gasteiger partial charge in [0.15, 0.2) is 0 Å². The molecule has 2 heterocycles. The van der Waals surface area contributed by atoms with E-state index in [1.165, 1.54) is 9.87 Å². The lowest BCUT2D eigenvalue weighted by atomic mass is 10.2. The molecule has 3 rings (SSSR count). The first kappa shape index (κ1) is 20.2. The van der Waals surface area contributed by atoms with Gasteiger partial charge in [0.05, 0.1) is 24.8 Å². The molecule has 0 aliphatic carbocycles. The van der Waals surface area contributed by atoms with E-state index in [9.17, 15) is 8.42 Å². The van der Waals surface area contributed by atoms with Crippen molar-refractivity contribution >= 4 is 22.2 Å². The smallest absolute Gasteiger partial charge is 0.244 e. The Morgan fingerprint density at radius 1 is 1.11 bits per heavy atom. The Kier molecular flexibility index (Phi) is 6.78. The fourth-order valence-electron chi connectivity index (χ4n) is 3.03. The Labute approximate surface area is 166 Å². The lowest BCUT2D eigenvalue weighted by Gasteiger charge is -2.27. The molecule has 0 saturated carbocycles. The summed E-state index contributed by atoms with van der Waals surface area (Å²) in [6.07, 6.45) is 1.65. The number of hydrogen-bond acceptors (Lipinski definition) is 5. The van der Waals surface area contributed by atoms with Gasteiger partial charge in [-0.2, -0.15) is 4.31 Å². The number of pyridine rings is 1. The molecule has 0 bridgehead atoms. The number of benzene rings is 1. The van der Waals surface area contributed by atoms with Crippen LogP contribution in [-0.2, 0) is 28.0 Å². The van der Waals surface area contributed by atoms with Crippen molar-refractivity contribution in [2.24, 2.45) is 0 Å². The summed E-state index contributed by atoms with van der Waals surface area (Å²) in [5.74, 6) is 0. The summed E-state index contributed by atoms with van der Waals surface area (Å²) in [5.41, 5.74) is 1.21. The Morgan fingerprint density at radius 3 is 2.48 bits per heavy atom. The first-order valence-electron chi connectivity index (χ1n) is 9.05. The molecule has 1 saturated heterocycles. The van der Waals surface area contributed by atoms with Gasteiger partial charge in [-0.15, -0.1) is 0 Å². The summed E-state index contributed by atoms with van der Waals surface area (Å²) in [5, 5.41) is 0. The second-order valence-corrected chi connectivity index (χ2v) is 8.82. The molecule has 0 N–H and O–H groups in total. The minimum absolute atomic E-state index is 0.272. The van der Waals surface area contributed by atoms with Gasteiger partial charge in [-0.25, -0.2) is 8.42 Å². The van der Waals surface area contributed by atoms with Crippen molar-refractivity contribution in [2.75, 3.05) is 32.8 Å². The van der Waals surface area contributed by atoms with E-state index < -0.39 is 10.0 Å². The number of aromatic nitrogens is 1. The molecular formula is C19H25N3O3S2. The second kappa shape index (κ2) is 9.07. The van der Waals surface area contributed by atoms with Crippen LogP contribution < -0.4 is 0 Å². The largest absolute Gasteiger partial charge is 0.379 e. The average Bonchev–Trinajstić information content (AvgIpc) is 2.70. The van der Waals surface area contributed by atoms with Crippen LogP contribution >= 0.6 is 12.2 Å². The summed E-state index contributed by atoms with van der Waals surface area (Å²) in [4.78, 5) is 2.49. The fraction of sp³-hybridized carbons (Fsp3) is 0.421. The van der Waals surface area contributed by atoms with Crippen LogP contribution in [0.4, 0.5) is 0 Å². The van der Waals surface area contributed by atoms with Gasteiger partial charge in [0.25, 0.3) is 0 Å². The van der Waals surface area contributed by atoms with Crippen molar-refractivity contribution in [2.45, 2.75) is 25.0 Å². The van der Waals surface area contributed by atoms with Crippen LogP contribution in [0.2, 0.25) is 0 Å². The average molecular weight is 408 g/mol. The Hall–Kier alpha value is -1.58. The number of morpholine rings is 1. The summed E-state index contributed by atoms with van der Waals surface area (Å²) >= 11 is 5.43. The highest BCUT2D eigenvalue weighted by atomic mass is 32.2. The summed E-state index contributed by atoms with van der Waals surface area (Å²) in [6, 6.07) is 13.5. The fourth-order valence-corrected chi connectivity index (χ4v) is 4.63. The molecule has 0 atom stereocenters. The first-order valence-corrected chi connectivity index (χ1v) is 10.9. The third-order valence-corrected chi connectivity index (χ3v) is 6.87. The van der Waals surface area contributed by atoms with Gasteiger partial charge in [-0.3, -0.25) is 4.90 Å². The van der Waals surface area contributed by atoms with E-state index in [1.807, 2.05) is 22.8 Å². The van der Waals surface area contributed by atoms with E-state index in [1.54, 1.807) is 18.3 Å². The van der Waals surface area contributed by atoms with Crippen LogP contribution in [-0.4, -0.2) is 55.0 Å². The topological polar surface area (TPSA) is 54.8 Å². The molecule has 1 aromatic heterocycles. The van der Waals surface area contributed by atoms with E-state index in [2.05, 4.69) is 24.0 Å². The SMILES string of the molecule is CCN(Cc1ccccc1)Cn1cc(S(=O)(=O)N2CCOCC2)ccc1=S. The molecule has 27 heavy (non-hydrogen) atoms. The predicted octanol–water partition coefficient (Wildman–Crippen LogP) is 2.72. The van der Waals surface area contributed by atoms with Gasteiger partial charge >= 0.3 is 0 Å². The zero-order valence-electron chi connectivity index (χ0n) is 15.5. The van der Waals surface area contributed by atoms with E-state index in [0.717, 1.165) is 13.1 Å². The molecule has 146 valence electrons. The van der Waals surface area contributed by atoms with Crippen molar-refractivity contribution in [1.29, 1.82) is 0 Å². The molecule has 6 nitrogen and oxygen atoms in total. The van der Waals surface area contributed by atoms with E-state index >= 15 is 0 Å². The predicted molar refractivity (Wildman–Crippen MR) is 107 cm³/mol. The van der Waals surface area contributed by atoms with Crippen molar-refractivity contribution in [3.8, 4) is 0 Å². The highest BCUT2D eigenvalue weighted by Gasteiger charge is 2.26. The molecule has 0 radical (unpaired) electrons. The standard InChI is InChI=1S/C19H25N3O3S2/c1-2-20(14-17-6-4-3-5-7-17)16-21-15-18(8-9-19(21)26)27(23,24)22-10-12-25-13-11-22/h3-9,15H,2,10-14,16H2,1H3. The Balaban J connectivity index is 1.81. The number of ether oxygens (including phenoxy) is 1. The van der Waals surface area contributed by atoms with E-state index in [-0.39, 0.29) is 4.90 Å². The van der Waals surface area contributed by atoms with Crippen LogP contribution in [0.1, 0.15) is 12.5 Å². The molecule has 0 spiro atoms. The van der Waals surface area contributed by atoms with Crippen LogP contribution in [0.25, 0.3) is 0 Å². The lowest BCUT2D eigenvalue weighted by molar-refractivity contribution is 0.0730. The Bertz CT molecular complexity index is 907. The molecule has 1 aliphatic rings. The van der Waals surface area contributed by atoms with Crippen LogP contribution in [0.15, 0.2) is 53.6 Å². The Morgan fingerprint density at radius 2 is 1.81 bits per heavy atom. The molecule has 8 heteroatoms. The highest BCUT2D eigenvalue weighted by Crippen LogP contribution is 2.17. The van der Waals surface area contributed by atoms with Crippen molar-refractivity contribution in [3.63, 3.8) is 0 Å². The van der Waals surface area contributed by atoms with Crippen LogP contribution in [0.5, 0.6) is 0 Å². The highest BCUT2D eigenvalue weighted by molar-refractivity contribution is 7.89. The lowest BCUT2D eigenvalue weighted by Crippen LogP contribution is -2.40. The van der Waals surface area contributed by atoms with E-state index in [4.69, 9.17) is 17.0 Å². The normalized spacial score (nSPS) is 15.9. The molecule has 1 aromatic carbocycles. The maximum absolute atomic E-state index is 12.9. The molecule has 1 fully saturated rings. The van der Waals surface area contributed by atoms with Gasteiger partial charge < -0.3 is 9.30 Å². The summed E-state index contributed by atoms with van der Waals surface area (Å²) in [6.45, 7) is 5.85. The third kappa shape index (κ3) is 5.03. The van der Waals surface area contributed by atoms with Crippen LogP contribution in [0, 0.1) is 4.64 Å². The number of sulfonamides is 1. The summed E-state index contributed by atoms with van der Waals surface area (Å²) in [7, 11) is -3.54. The molecule has 1 aliphatic heterocycles. The zero-order chi connectivity index (χ0) is 19.3. The maximum atomic E-state index is 12.9. The minimum atomic E-state index is -3.54. The van der Waals surface area contributed by atoms with E-state index in [0.29, 0.717) is 37.6 Å². The maximum Gasteiger partial charge on any atom is 0.244 e. The number of hydrogen-bond donors (Lipinski definition) is 0. The number of rotatable bonds is 7. The van der Waals surface area contributed by atoms with Crippen molar-refractivity contribution in [1.82, 2.24) is 13.8 Å². The quantitative estimate of drug-likeness (QED) is 0.661. The molecule has 2 aromatic rings. The summed E-state index contributed by atoms with van der Waals surface area (Å²) < 4.78 is 35.0. The first-order chi connectivity index (χ1) is 13.0. The molecular weight excluding hydrogens is 382 g/mol. The van der Waals surface area contributed by atoms with Crippen molar-refractivity contribution < 1.29 is 13.2 Å². The number of nitrogens with zero attached hydrogens (tertiary/aromatic N) is 3. The van der Waals surface area contributed by atoms with Crippen LogP contribution in [0.3, 0.4) is 0 Å². The van der Waals surface area contributed by atoms with Gasteiger partial charge in [0, 0.05) is 25.8 Å². The van der Waals surface area contributed by atoms with Gasteiger partial charge in [0.2, 0.25) is 10.0 Å². The third-order valence-electron chi connectivity index (χ3n) is 4.61. The molecule has 0 amide bonds. The monoisotopic (exact) mass is 407 g/mol. The van der Waals surface area contributed by atoms with Crippen molar-refractivity contribution in [3.05, 3.63) is 58.9 Å². The van der Waals surface area contributed by atoms with Gasteiger partial charge in [-0.05, 0) is 24.2 Å². The van der Waals surface area contributed by atoms with Gasteiger partial charge in [-0.1, -0.05) is 49.5 Å². The zero-order valence-corrected chi connectivity index (χ0v) is 17.1. The second-order valence-electron chi connectivity index (χ2n) is 6.46. The molecule has 0 unspecified atom stereocenters. The minimum Gasteiger partial charge on any atom is -0.379 e.